The SMILES string of the molecule is C=C(C)C(=O)OCCC(=O)Oc1ccc(-c2ccc(OC(C)=O)cc2)cc1. The molecule has 2 aromatic rings. The van der Waals surface area contributed by atoms with Gasteiger partial charge in [0.15, 0.2) is 0 Å². The first-order chi connectivity index (χ1) is 12.8. The molecule has 0 bridgehead atoms. The van der Waals surface area contributed by atoms with Crippen LogP contribution >= 0.6 is 0 Å². The summed E-state index contributed by atoms with van der Waals surface area (Å²) in [5.74, 6) is -0.533. The molecule has 6 nitrogen and oxygen atoms in total. The Balaban J connectivity index is 1.89. The molecule has 0 saturated heterocycles. The van der Waals surface area contributed by atoms with Crippen molar-refractivity contribution < 1.29 is 28.6 Å². The van der Waals surface area contributed by atoms with Crippen molar-refractivity contribution in [2.24, 2.45) is 0 Å². The van der Waals surface area contributed by atoms with E-state index in [1.807, 2.05) is 24.3 Å². The second-order valence-corrected chi connectivity index (χ2v) is 5.78. The largest absolute Gasteiger partial charge is 0.462 e. The van der Waals surface area contributed by atoms with Gasteiger partial charge in [-0.2, -0.15) is 0 Å². The van der Waals surface area contributed by atoms with Gasteiger partial charge in [-0.3, -0.25) is 9.59 Å². The van der Waals surface area contributed by atoms with Gasteiger partial charge in [0.1, 0.15) is 18.1 Å². The molecule has 0 saturated carbocycles. The molecule has 0 aromatic heterocycles. The molecule has 0 fully saturated rings. The van der Waals surface area contributed by atoms with Gasteiger partial charge in [-0.1, -0.05) is 30.8 Å². The molecule has 27 heavy (non-hydrogen) atoms. The van der Waals surface area contributed by atoms with Gasteiger partial charge in [-0.05, 0) is 42.3 Å². The predicted molar refractivity (Wildman–Crippen MR) is 99.2 cm³/mol. The third-order valence-corrected chi connectivity index (χ3v) is 3.42. The third kappa shape index (κ3) is 6.43. The summed E-state index contributed by atoms with van der Waals surface area (Å²) < 4.78 is 15.0. The molecule has 0 heterocycles. The Morgan fingerprint density at radius 2 is 1.30 bits per heavy atom. The Bertz CT molecular complexity index is 834. The molecule has 2 rings (SSSR count). The summed E-state index contributed by atoms with van der Waals surface area (Å²) in [6, 6.07) is 14.0. The number of hydrogen-bond donors (Lipinski definition) is 0. The highest BCUT2D eigenvalue weighted by Gasteiger charge is 2.09. The fraction of sp³-hybridized carbons (Fsp3) is 0.190. The lowest BCUT2D eigenvalue weighted by Crippen LogP contribution is -2.14. The molecule has 0 radical (unpaired) electrons. The van der Waals surface area contributed by atoms with Crippen LogP contribution in [-0.4, -0.2) is 24.5 Å². The highest BCUT2D eigenvalue weighted by molar-refractivity contribution is 5.87. The first kappa shape index (κ1) is 19.9. The molecule has 6 heteroatoms. The maximum absolute atomic E-state index is 11.8. The van der Waals surface area contributed by atoms with E-state index >= 15 is 0 Å². The smallest absolute Gasteiger partial charge is 0.333 e. The summed E-state index contributed by atoms with van der Waals surface area (Å²) >= 11 is 0. The number of carbonyl (C=O) groups is 3. The quantitative estimate of drug-likeness (QED) is 0.421. The standard InChI is InChI=1S/C21H20O6/c1-14(2)21(24)25-13-12-20(23)27-19-10-6-17(7-11-19)16-4-8-18(9-5-16)26-15(3)22/h4-11H,1,12-13H2,2-3H3. The van der Waals surface area contributed by atoms with E-state index in [4.69, 9.17) is 14.2 Å². The zero-order valence-corrected chi connectivity index (χ0v) is 15.2. The number of benzene rings is 2. The van der Waals surface area contributed by atoms with Crippen LogP contribution in [0.25, 0.3) is 11.1 Å². The first-order valence-corrected chi connectivity index (χ1v) is 8.27. The number of esters is 3. The molecule has 0 aliphatic carbocycles. The molecule has 0 amide bonds. The van der Waals surface area contributed by atoms with E-state index < -0.39 is 11.9 Å². The van der Waals surface area contributed by atoms with Crippen molar-refractivity contribution in [3.8, 4) is 22.6 Å². The van der Waals surface area contributed by atoms with Crippen LogP contribution in [0.1, 0.15) is 20.3 Å². The van der Waals surface area contributed by atoms with Crippen molar-refractivity contribution in [3.05, 3.63) is 60.7 Å². The Morgan fingerprint density at radius 3 is 1.74 bits per heavy atom. The average molecular weight is 368 g/mol. The van der Waals surface area contributed by atoms with Gasteiger partial charge in [0.25, 0.3) is 0 Å². The highest BCUT2D eigenvalue weighted by atomic mass is 16.6. The van der Waals surface area contributed by atoms with Crippen LogP contribution in [0.2, 0.25) is 0 Å². The minimum atomic E-state index is -0.535. The third-order valence-electron chi connectivity index (χ3n) is 3.42. The lowest BCUT2D eigenvalue weighted by Gasteiger charge is -2.07. The highest BCUT2D eigenvalue weighted by Crippen LogP contribution is 2.24. The lowest BCUT2D eigenvalue weighted by atomic mass is 10.1. The topological polar surface area (TPSA) is 78.9 Å². The van der Waals surface area contributed by atoms with Crippen LogP contribution in [0.4, 0.5) is 0 Å². The van der Waals surface area contributed by atoms with E-state index in [2.05, 4.69) is 6.58 Å². The minimum Gasteiger partial charge on any atom is -0.462 e. The summed E-state index contributed by atoms with van der Waals surface area (Å²) in [4.78, 5) is 33.9. The fourth-order valence-corrected chi connectivity index (χ4v) is 2.13. The van der Waals surface area contributed by atoms with Gasteiger partial charge in [0.05, 0.1) is 6.42 Å². The molecular weight excluding hydrogens is 348 g/mol. The number of rotatable bonds is 7. The summed E-state index contributed by atoms with van der Waals surface area (Å²) in [6.45, 7) is 6.28. The van der Waals surface area contributed by atoms with Crippen LogP contribution in [-0.2, 0) is 19.1 Å². The molecule has 0 unspecified atom stereocenters. The van der Waals surface area contributed by atoms with Gasteiger partial charge in [-0.15, -0.1) is 0 Å². The van der Waals surface area contributed by atoms with Crippen molar-refractivity contribution in [2.45, 2.75) is 20.3 Å². The molecule has 0 aliphatic heterocycles. The lowest BCUT2D eigenvalue weighted by molar-refractivity contribution is -0.142. The van der Waals surface area contributed by atoms with Gasteiger partial charge in [0.2, 0.25) is 0 Å². The number of ether oxygens (including phenoxy) is 3. The molecule has 0 N–H and O–H groups in total. The zero-order valence-electron chi connectivity index (χ0n) is 15.2. The Kier molecular flexibility index (Phi) is 6.88. The van der Waals surface area contributed by atoms with Gasteiger partial charge in [-0.25, -0.2) is 4.79 Å². The molecule has 0 atom stereocenters. The summed E-state index contributed by atoms with van der Waals surface area (Å²) in [7, 11) is 0. The average Bonchev–Trinajstić information content (AvgIpc) is 2.62. The van der Waals surface area contributed by atoms with Crippen molar-refractivity contribution in [1.29, 1.82) is 0 Å². The second-order valence-electron chi connectivity index (χ2n) is 5.78. The van der Waals surface area contributed by atoms with E-state index in [9.17, 15) is 14.4 Å². The van der Waals surface area contributed by atoms with Crippen molar-refractivity contribution in [3.63, 3.8) is 0 Å². The predicted octanol–water partition coefficient (Wildman–Crippen LogP) is 3.69. The Hall–Kier alpha value is -3.41. The maximum Gasteiger partial charge on any atom is 0.333 e. The molecule has 0 aliphatic rings. The van der Waals surface area contributed by atoms with Gasteiger partial charge in [0, 0.05) is 12.5 Å². The van der Waals surface area contributed by atoms with E-state index in [0.29, 0.717) is 11.5 Å². The monoisotopic (exact) mass is 368 g/mol. The summed E-state index contributed by atoms with van der Waals surface area (Å²) in [5.41, 5.74) is 2.12. The molecular formula is C21H20O6. The van der Waals surface area contributed by atoms with Crippen molar-refractivity contribution in [2.75, 3.05) is 6.61 Å². The fourth-order valence-electron chi connectivity index (χ4n) is 2.13. The van der Waals surface area contributed by atoms with E-state index in [1.54, 1.807) is 24.3 Å². The molecule has 0 spiro atoms. The van der Waals surface area contributed by atoms with E-state index in [0.717, 1.165) is 11.1 Å². The zero-order chi connectivity index (χ0) is 19.8. The van der Waals surface area contributed by atoms with Crippen LogP contribution in [0, 0.1) is 0 Å². The molecule has 2 aromatic carbocycles. The van der Waals surface area contributed by atoms with Crippen LogP contribution in [0.3, 0.4) is 0 Å². The van der Waals surface area contributed by atoms with E-state index in [1.165, 1.54) is 13.8 Å². The first-order valence-electron chi connectivity index (χ1n) is 8.27. The number of hydrogen-bond acceptors (Lipinski definition) is 6. The van der Waals surface area contributed by atoms with Crippen LogP contribution in [0.5, 0.6) is 11.5 Å². The van der Waals surface area contributed by atoms with Crippen LogP contribution < -0.4 is 9.47 Å². The normalized spacial score (nSPS) is 10.0. The van der Waals surface area contributed by atoms with Crippen LogP contribution in [0.15, 0.2) is 60.7 Å². The Labute approximate surface area is 157 Å². The van der Waals surface area contributed by atoms with Gasteiger partial charge < -0.3 is 14.2 Å². The second kappa shape index (κ2) is 9.33. The van der Waals surface area contributed by atoms with Crippen molar-refractivity contribution >= 4 is 17.9 Å². The number of carbonyl (C=O) groups excluding carboxylic acids is 3. The maximum atomic E-state index is 11.8. The summed E-state index contributed by atoms with van der Waals surface area (Å²) in [5, 5.41) is 0. The summed E-state index contributed by atoms with van der Waals surface area (Å²) in [6.07, 6.45) is -0.0433. The van der Waals surface area contributed by atoms with Crippen molar-refractivity contribution in [1.82, 2.24) is 0 Å². The van der Waals surface area contributed by atoms with Gasteiger partial charge >= 0.3 is 17.9 Å². The molecule has 140 valence electrons. The van der Waals surface area contributed by atoms with E-state index in [-0.39, 0.29) is 24.6 Å². The Morgan fingerprint density at radius 1 is 0.815 bits per heavy atom. The minimum absolute atomic E-state index is 0.0433.